The first kappa shape index (κ1) is 18.3. The molecule has 2 saturated carbocycles. The van der Waals surface area contributed by atoms with Crippen LogP contribution in [0.5, 0.6) is 0 Å². The molecule has 0 radical (unpaired) electrons. The van der Waals surface area contributed by atoms with E-state index in [1.165, 1.54) is 32.1 Å². The second kappa shape index (κ2) is 8.28. The molecule has 0 spiro atoms. The summed E-state index contributed by atoms with van der Waals surface area (Å²) in [7, 11) is 0. The van der Waals surface area contributed by atoms with Gasteiger partial charge in [0.15, 0.2) is 5.96 Å². The van der Waals surface area contributed by atoms with E-state index in [9.17, 15) is 4.79 Å². The van der Waals surface area contributed by atoms with E-state index in [1.807, 2.05) is 11.8 Å². The summed E-state index contributed by atoms with van der Waals surface area (Å²) in [6.07, 6.45) is 8.61. The minimum atomic E-state index is -0.183. The average molecular weight is 351 g/mol. The van der Waals surface area contributed by atoms with Crippen LogP contribution in [0.15, 0.2) is 4.99 Å². The van der Waals surface area contributed by atoms with Gasteiger partial charge in [-0.25, -0.2) is 4.79 Å². The average Bonchev–Trinajstić information content (AvgIpc) is 3.40. The van der Waals surface area contributed by atoms with Crippen molar-refractivity contribution in [3.8, 4) is 0 Å². The Labute approximate surface area is 151 Å². The minimum absolute atomic E-state index is 0.183. The highest BCUT2D eigenvalue weighted by atomic mass is 16.6. The first-order valence-electron chi connectivity index (χ1n) is 10.1. The van der Waals surface area contributed by atoms with Crippen LogP contribution in [0.1, 0.15) is 58.8 Å². The molecule has 0 aromatic heterocycles. The van der Waals surface area contributed by atoms with Gasteiger partial charge in [0.1, 0.15) is 0 Å². The van der Waals surface area contributed by atoms with Gasteiger partial charge in [-0.1, -0.05) is 6.42 Å². The number of ether oxygens (including phenoxy) is 1. The molecule has 2 N–H and O–H groups in total. The Kier molecular flexibility index (Phi) is 6.07. The molecular formula is C19H34N4O2. The van der Waals surface area contributed by atoms with Crippen molar-refractivity contribution in [3.63, 3.8) is 0 Å². The van der Waals surface area contributed by atoms with E-state index in [2.05, 4.69) is 17.6 Å². The molecule has 142 valence electrons. The second-order valence-corrected chi connectivity index (χ2v) is 7.79. The van der Waals surface area contributed by atoms with Crippen LogP contribution in [-0.2, 0) is 4.74 Å². The zero-order valence-electron chi connectivity index (χ0n) is 15.9. The molecule has 0 atom stereocenters. The summed E-state index contributed by atoms with van der Waals surface area (Å²) in [6, 6.07) is 0.377. The monoisotopic (exact) mass is 350 g/mol. The standard InChI is InChI=1S/C19H34N4O2/c1-3-20-17(21-14-19(10-5-11-19)15-6-7-15)22-16-8-12-23(13-9-16)18(24)25-4-2/h15-16H,3-14H2,1-2H3,(H2,20,21,22). The van der Waals surface area contributed by atoms with E-state index in [1.54, 1.807) is 0 Å². The van der Waals surface area contributed by atoms with Crippen molar-refractivity contribution < 1.29 is 9.53 Å². The van der Waals surface area contributed by atoms with Gasteiger partial charge < -0.3 is 20.3 Å². The van der Waals surface area contributed by atoms with Crippen LogP contribution >= 0.6 is 0 Å². The third-order valence-electron chi connectivity index (χ3n) is 6.05. The van der Waals surface area contributed by atoms with Gasteiger partial charge in [-0.05, 0) is 63.7 Å². The van der Waals surface area contributed by atoms with Gasteiger partial charge in [0, 0.05) is 32.2 Å². The smallest absolute Gasteiger partial charge is 0.409 e. The molecule has 1 amide bonds. The molecule has 3 rings (SSSR count). The molecule has 6 nitrogen and oxygen atoms in total. The van der Waals surface area contributed by atoms with Crippen molar-refractivity contribution >= 4 is 12.1 Å². The van der Waals surface area contributed by atoms with E-state index in [-0.39, 0.29) is 6.09 Å². The summed E-state index contributed by atoms with van der Waals surface area (Å²) in [6.45, 7) is 7.75. The molecule has 0 unspecified atom stereocenters. The molecule has 6 heteroatoms. The predicted molar refractivity (Wildman–Crippen MR) is 99.7 cm³/mol. The molecule has 1 aliphatic heterocycles. The summed E-state index contributed by atoms with van der Waals surface area (Å²) in [5, 5.41) is 6.99. The van der Waals surface area contributed by atoms with Crippen LogP contribution in [-0.4, -0.2) is 55.8 Å². The number of carbonyl (C=O) groups is 1. The van der Waals surface area contributed by atoms with Crippen LogP contribution in [0.25, 0.3) is 0 Å². The lowest BCUT2D eigenvalue weighted by Gasteiger charge is -2.41. The highest BCUT2D eigenvalue weighted by molar-refractivity contribution is 5.80. The maximum absolute atomic E-state index is 11.8. The number of hydrogen-bond acceptors (Lipinski definition) is 3. The normalized spacial score (nSPS) is 23.8. The Bertz CT molecular complexity index is 478. The number of nitrogens with zero attached hydrogens (tertiary/aromatic N) is 2. The fraction of sp³-hybridized carbons (Fsp3) is 0.895. The lowest BCUT2D eigenvalue weighted by molar-refractivity contribution is 0.0962. The summed E-state index contributed by atoms with van der Waals surface area (Å²) < 4.78 is 5.09. The lowest BCUT2D eigenvalue weighted by Crippen LogP contribution is -2.50. The lowest BCUT2D eigenvalue weighted by atomic mass is 9.65. The van der Waals surface area contributed by atoms with Crippen molar-refractivity contribution in [2.24, 2.45) is 16.3 Å². The fourth-order valence-corrected chi connectivity index (χ4v) is 4.19. The Morgan fingerprint density at radius 2 is 1.92 bits per heavy atom. The van der Waals surface area contributed by atoms with Crippen LogP contribution < -0.4 is 10.6 Å². The molecule has 0 aromatic carbocycles. The number of hydrogen-bond donors (Lipinski definition) is 2. The zero-order valence-corrected chi connectivity index (χ0v) is 15.9. The van der Waals surface area contributed by atoms with Crippen LogP contribution in [0.3, 0.4) is 0 Å². The second-order valence-electron chi connectivity index (χ2n) is 7.79. The van der Waals surface area contributed by atoms with Gasteiger partial charge in [0.25, 0.3) is 0 Å². The number of guanidine groups is 1. The van der Waals surface area contributed by atoms with Gasteiger partial charge in [-0.15, -0.1) is 0 Å². The largest absolute Gasteiger partial charge is 0.450 e. The van der Waals surface area contributed by atoms with E-state index in [4.69, 9.17) is 9.73 Å². The fourth-order valence-electron chi connectivity index (χ4n) is 4.19. The van der Waals surface area contributed by atoms with Gasteiger partial charge in [-0.3, -0.25) is 4.99 Å². The molecule has 2 aliphatic carbocycles. The van der Waals surface area contributed by atoms with Gasteiger partial charge in [0.2, 0.25) is 0 Å². The topological polar surface area (TPSA) is 66.0 Å². The Morgan fingerprint density at radius 3 is 2.44 bits per heavy atom. The quantitative estimate of drug-likeness (QED) is 0.571. The van der Waals surface area contributed by atoms with Gasteiger partial charge in [0.05, 0.1) is 6.61 Å². The Morgan fingerprint density at radius 1 is 1.20 bits per heavy atom. The summed E-state index contributed by atoms with van der Waals surface area (Å²) in [5.41, 5.74) is 0.510. The maximum atomic E-state index is 11.8. The molecule has 3 aliphatic rings. The molecule has 1 saturated heterocycles. The van der Waals surface area contributed by atoms with E-state index in [0.29, 0.717) is 18.1 Å². The Hall–Kier alpha value is -1.46. The Balaban J connectivity index is 1.49. The number of rotatable bonds is 6. The van der Waals surface area contributed by atoms with Gasteiger partial charge in [-0.2, -0.15) is 0 Å². The third-order valence-corrected chi connectivity index (χ3v) is 6.05. The molecule has 0 bridgehead atoms. The first-order chi connectivity index (χ1) is 12.2. The predicted octanol–water partition coefficient (Wildman–Crippen LogP) is 2.74. The highest BCUT2D eigenvalue weighted by Crippen LogP contribution is 2.57. The SMILES string of the molecule is CCNC(=NCC1(C2CC2)CCC1)NC1CCN(C(=O)OCC)CC1. The summed E-state index contributed by atoms with van der Waals surface area (Å²) in [4.78, 5) is 18.5. The number of carbonyl (C=O) groups excluding carboxylic acids is 1. The van der Waals surface area contributed by atoms with Crippen LogP contribution in [0.2, 0.25) is 0 Å². The van der Waals surface area contributed by atoms with Crippen LogP contribution in [0.4, 0.5) is 4.79 Å². The number of piperidine rings is 1. The van der Waals surface area contributed by atoms with E-state index in [0.717, 1.165) is 50.9 Å². The number of aliphatic imine (C=N–C) groups is 1. The van der Waals surface area contributed by atoms with E-state index >= 15 is 0 Å². The highest BCUT2D eigenvalue weighted by Gasteiger charge is 2.48. The first-order valence-corrected chi connectivity index (χ1v) is 10.1. The van der Waals surface area contributed by atoms with Crippen molar-refractivity contribution in [1.82, 2.24) is 15.5 Å². The van der Waals surface area contributed by atoms with Crippen molar-refractivity contribution in [2.45, 2.75) is 64.8 Å². The third kappa shape index (κ3) is 4.59. The van der Waals surface area contributed by atoms with E-state index < -0.39 is 0 Å². The molecule has 3 fully saturated rings. The molecule has 0 aromatic rings. The van der Waals surface area contributed by atoms with Crippen LogP contribution in [0, 0.1) is 11.3 Å². The minimum Gasteiger partial charge on any atom is -0.450 e. The maximum Gasteiger partial charge on any atom is 0.409 e. The summed E-state index contributed by atoms with van der Waals surface area (Å²) >= 11 is 0. The zero-order chi connectivity index (χ0) is 17.7. The summed E-state index contributed by atoms with van der Waals surface area (Å²) in [5.74, 6) is 1.88. The number of likely N-dealkylation sites (tertiary alicyclic amines) is 1. The van der Waals surface area contributed by atoms with Gasteiger partial charge >= 0.3 is 6.09 Å². The van der Waals surface area contributed by atoms with Crippen molar-refractivity contribution in [2.75, 3.05) is 32.8 Å². The molecule has 25 heavy (non-hydrogen) atoms. The number of amides is 1. The van der Waals surface area contributed by atoms with Crippen molar-refractivity contribution in [1.29, 1.82) is 0 Å². The van der Waals surface area contributed by atoms with Crippen molar-refractivity contribution in [3.05, 3.63) is 0 Å². The molecular weight excluding hydrogens is 316 g/mol. The number of nitrogens with one attached hydrogen (secondary N) is 2. The molecule has 1 heterocycles.